The molecule has 188 valence electrons. The SMILES string of the molecule is CO[C@@H](CCc1ccc(OC(C)(C)C(=O)O)c(Cl)c1Cl)c1ccc(-c2ccc(C(F)(F)F)cc2)s1. The Morgan fingerprint density at radius 3 is 2.26 bits per heavy atom. The molecule has 0 fully saturated rings. The van der Waals surface area contributed by atoms with Gasteiger partial charge in [-0.15, -0.1) is 11.3 Å². The number of aryl methyl sites for hydroxylation is 1. The topological polar surface area (TPSA) is 55.8 Å². The van der Waals surface area contributed by atoms with Gasteiger partial charge in [-0.3, -0.25) is 0 Å². The molecule has 0 radical (unpaired) electrons. The van der Waals surface area contributed by atoms with Gasteiger partial charge in [0.15, 0.2) is 5.60 Å². The summed E-state index contributed by atoms with van der Waals surface area (Å²) in [5.41, 5.74) is -0.719. The van der Waals surface area contributed by atoms with Crippen LogP contribution in [0.3, 0.4) is 0 Å². The fourth-order valence-electron chi connectivity index (χ4n) is 3.33. The summed E-state index contributed by atoms with van der Waals surface area (Å²) in [5, 5.41) is 9.67. The minimum Gasteiger partial charge on any atom is -0.478 e. The first-order valence-electron chi connectivity index (χ1n) is 10.5. The van der Waals surface area contributed by atoms with E-state index < -0.39 is 23.3 Å². The molecule has 0 bridgehead atoms. The van der Waals surface area contributed by atoms with E-state index in [1.807, 2.05) is 12.1 Å². The van der Waals surface area contributed by atoms with Crippen molar-refractivity contribution in [1.82, 2.24) is 0 Å². The molecule has 1 heterocycles. The van der Waals surface area contributed by atoms with Gasteiger partial charge in [0.1, 0.15) is 10.8 Å². The van der Waals surface area contributed by atoms with Crippen LogP contribution < -0.4 is 4.74 Å². The van der Waals surface area contributed by atoms with E-state index in [4.69, 9.17) is 32.7 Å². The third-order valence-electron chi connectivity index (χ3n) is 5.41. The molecule has 1 N–H and O–H groups in total. The van der Waals surface area contributed by atoms with E-state index >= 15 is 0 Å². The smallest absolute Gasteiger partial charge is 0.416 e. The number of benzene rings is 2. The summed E-state index contributed by atoms with van der Waals surface area (Å²) in [6.07, 6.45) is -3.55. The number of carboxylic acids is 1. The van der Waals surface area contributed by atoms with Crippen molar-refractivity contribution in [3.8, 4) is 16.2 Å². The van der Waals surface area contributed by atoms with Crippen LogP contribution in [0.4, 0.5) is 13.2 Å². The van der Waals surface area contributed by atoms with E-state index in [0.29, 0.717) is 18.4 Å². The molecule has 0 aliphatic rings. The zero-order valence-corrected chi connectivity index (χ0v) is 21.4. The van der Waals surface area contributed by atoms with Gasteiger partial charge < -0.3 is 14.6 Å². The Kier molecular flexibility index (Phi) is 8.42. The Morgan fingerprint density at radius 2 is 1.69 bits per heavy atom. The molecule has 4 nitrogen and oxygen atoms in total. The molecule has 1 aromatic heterocycles. The number of carbonyl (C=O) groups is 1. The van der Waals surface area contributed by atoms with E-state index in [-0.39, 0.29) is 21.9 Å². The quantitative estimate of drug-likeness (QED) is 0.293. The molecule has 0 spiro atoms. The minimum atomic E-state index is -4.37. The number of ether oxygens (including phenoxy) is 2. The summed E-state index contributed by atoms with van der Waals surface area (Å²) < 4.78 is 49.6. The Hall–Kier alpha value is -2.26. The number of carboxylic acid groups (broad SMARTS) is 1. The van der Waals surface area contributed by atoms with Crippen LogP contribution in [0.25, 0.3) is 10.4 Å². The first-order valence-corrected chi connectivity index (χ1v) is 12.1. The largest absolute Gasteiger partial charge is 0.478 e. The second-order valence-corrected chi connectivity index (χ2v) is 10.2. The maximum absolute atomic E-state index is 12.8. The molecule has 1 atom stereocenters. The van der Waals surface area contributed by atoms with Gasteiger partial charge in [-0.1, -0.05) is 41.4 Å². The number of aliphatic carboxylic acids is 1. The predicted octanol–water partition coefficient (Wildman–Crippen LogP) is 8.30. The molecule has 35 heavy (non-hydrogen) atoms. The summed E-state index contributed by atoms with van der Waals surface area (Å²) in [4.78, 5) is 13.1. The number of methoxy groups -OCH3 is 1. The van der Waals surface area contributed by atoms with Crippen LogP contribution >= 0.6 is 34.5 Å². The summed E-state index contributed by atoms with van der Waals surface area (Å²) in [6.45, 7) is 2.83. The molecule has 0 amide bonds. The first kappa shape index (κ1) is 27.3. The van der Waals surface area contributed by atoms with Gasteiger partial charge in [0, 0.05) is 16.9 Å². The molecule has 0 aliphatic carbocycles. The van der Waals surface area contributed by atoms with Gasteiger partial charge in [0.2, 0.25) is 0 Å². The lowest BCUT2D eigenvalue weighted by Gasteiger charge is -2.23. The first-order chi connectivity index (χ1) is 16.3. The minimum absolute atomic E-state index is 0.133. The second-order valence-electron chi connectivity index (χ2n) is 8.31. The number of rotatable bonds is 9. The van der Waals surface area contributed by atoms with E-state index in [1.54, 1.807) is 19.2 Å². The van der Waals surface area contributed by atoms with E-state index in [9.17, 15) is 23.1 Å². The highest BCUT2D eigenvalue weighted by Gasteiger charge is 2.31. The van der Waals surface area contributed by atoms with Crippen molar-refractivity contribution in [3.63, 3.8) is 0 Å². The van der Waals surface area contributed by atoms with Gasteiger partial charge >= 0.3 is 12.1 Å². The average molecular weight is 547 g/mol. The van der Waals surface area contributed by atoms with Gasteiger partial charge in [-0.05, 0) is 68.1 Å². The highest BCUT2D eigenvalue weighted by Crippen LogP contribution is 2.39. The van der Waals surface area contributed by atoms with Crippen molar-refractivity contribution >= 4 is 40.5 Å². The van der Waals surface area contributed by atoms with Gasteiger partial charge in [0.25, 0.3) is 0 Å². The molecule has 0 saturated heterocycles. The summed E-state index contributed by atoms with van der Waals surface area (Å²) in [6, 6.07) is 12.1. The van der Waals surface area contributed by atoms with Gasteiger partial charge in [0.05, 0.1) is 16.7 Å². The molecule has 3 aromatic rings. The van der Waals surface area contributed by atoms with Crippen LogP contribution in [-0.4, -0.2) is 23.8 Å². The number of alkyl halides is 3. The van der Waals surface area contributed by atoms with Crippen molar-refractivity contribution in [3.05, 3.63) is 74.6 Å². The van der Waals surface area contributed by atoms with Crippen molar-refractivity contribution in [2.24, 2.45) is 0 Å². The fourth-order valence-corrected chi connectivity index (χ4v) is 4.93. The Morgan fingerprint density at radius 1 is 1.03 bits per heavy atom. The third kappa shape index (κ3) is 6.50. The summed E-state index contributed by atoms with van der Waals surface area (Å²) in [7, 11) is 1.59. The summed E-state index contributed by atoms with van der Waals surface area (Å²) >= 11 is 14.2. The number of hydrogen-bond acceptors (Lipinski definition) is 4. The highest BCUT2D eigenvalue weighted by atomic mass is 35.5. The van der Waals surface area contributed by atoms with Crippen molar-refractivity contribution in [1.29, 1.82) is 0 Å². The molecule has 3 rings (SSSR count). The lowest BCUT2D eigenvalue weighted by molar-refractivity contribution is -0.152. The molecule has 0 unspecified atom stereocenters. The van der Waals surface area contributed by atoms with Crippen LogP contribution in [0.1, 0.15) is 42.4 Å². The standard InChI is InChI=1S/C25H23Cl2F3O4S/c1-24(2,23(31)32)34-18-11-7-15(21(26)22(18)27)6-10-17(33-3)20-13-12-19(35-20)14-4-8-16(9-5-14)25(28,29)30/h4-5,7-9,11-13,17H,6,10H2,1-3H3,(H,31,32)/t17-/m0/s1. The van der Waals surface area contributed by atoms with E-state index in [1.165, 1.54) is 37.3 Å². The van der Waals surface area contributed by atoms with Crippen LogP contribution in [0.15, 0.2) is 48.5 Å². The second kappa shape index (κ2) is 10.8. The highest BCUT2D eigenvalue weighted by molar-refractivity contribution is 7.15. The number of halogens is 5. The van der Waals surface area contributed by atoms with Gasteiger partial charge in [-0.25, -0.2) is 4.79 Å². The Balaban J connectivity index is 1.71. The lowest BCUT2D eigenvalue weighted by atomic mass is 10.0. The monoisotopic (exact) mass is 546 g/mol. The van der Waals surface area contributed by atoms with E-state index in [0.717, 1.165) is 27.5 Å². The maximum Gasteiger partial charge on any atom is 0.416 e. The normalized spacial score (nSPS) is 13.0. The lowest BCUT2D eigenvalue weighted by Crippen LogP contribution is -2.38. The Bertz CT molecular complexity index is 1190. The van der Waals surface area contributed by atoms with Crippen LogP contribution in [0, 0.1) is 0 Å². The van der Waals surface area contributed by atoms with Crippen LogP contribution in [0.2, 0.25) is 10.0 Å². The number of hydrogen-bond donors (Lipinski definition) is 1. The molecule has 0 saturated carbocycles. The van der Waals surface area contributed by atoms with Crippen molar-refractivity contribution in [2.75, 3.05) is 7.11 Å². The third-order valence-corrected chi connectivity index (χ3v) is 7.54. The van der Waals surface area contributed by atoms with Crippen LogP contribution in [-0.2, 0) is 22.1 Å². The number of thiophene rings is 1. The summed E-state index contributed by atoms with van der Waals surface area (Å²) in [5.74, 6) is -0.959. The van der Waals surface area contributed by atoms with Gasteiger partial charge in [-0.2, -0.15) is 13.2 Å². The maximum atomic E-state index is 12.8. The van der Waals surface area contributed by atoms with Crippen molar-refractivity contribution < 1.29 is 32.5 Å². The van der Waals surface area contributed by atoms with E-state index in [2.05, 4.69) is 0 Å². The molecule has 10 heteroatoms. The van der Waals surface area contributed by atoms with Crippen LogP contribution in [0.5, 0.6) is 5.75 Å². The predicted molar refractivity (Wildman–Crippen MR) is 132 cm³/mol. The van der Waals surface area contributed by atoms with Crippen molar-refractivity contribution in [2.45, 2.75) is 44.6 Å². The zero-order valence-electron chi connectivity index (χ0n) is 19.1. The average Bonchev–Trinajstić information content (AvgIpc) is 3.28. The fraction of sp³-hybridized carbons (Fsp3) is 0.320. The molecular formula is C25H23Cl2F3O4S. The Labute approximate surface area is 215 Å². The molecule has 0 aliphatic heterocycles. The molecular weight excluding hydrogens is 524 g/mol. The zero-order chi connectivity index (χ0) is 26.0. The molecule has 2 aromatic carbocycles.